The van der Waals surface area contributed by atoms with E-state index in [0.29, 0.717) is 33.0 Å². The standard InChI is InChI=1S/C14H22FN2OP/c1-3-8-11(4-2)19-13(14(16)18)12(8)9-7-17-6-5-10(9)15/h9-10,17,19H,3-7H2,1-2H3,(H2,16,18)/t9-,10-/m1/s1. The molecule has 3 N–H and O–H groups in total. The van der Waals surface area contributed by atoms with Gasteiger partial charge in [0.05, 0.1) is 5.30 Å². The van der Waals surface area contributed by atoms with E-state index in [-0.39, 0.29) is 11.8 Å². The highest BCUT2D eigenvalue weighted by molar-refractivity contribution is 7.33. The highest BCUT2D eigenvalue weighted by Crippen LogP contribution is 2.41. The number of piperidine rings is 1. The van der Waals surface area contributed by atoms with Crippen LogP contribution in [0.2, 0.25) is 0 Å². The van der Waals surface area contributed by atoms with E-state index in [1.807, 2.05) is 0 Å². The number of amides is 1. The lowest BCUT2D eigenvalue weighted by Crippen LogP contribution is -2.37. The Labute approximate surface area is 115 Å². The van der Waals surface area contributed by atoms with Crippen molar-refractivity contribution in [2.24, 2.45) is 5.73 Å². The number of alkyl halides is 1. The number of nitrogens with one attached hydrogen (secondary N) is 1. The fourth-order valence-corrected chi connectivity index (χ4v) is 4.56. The first-order valence-electron chi connectivity index (χ1n) is 6.98. The molecule has 0 bridgehead atoms. The average Bonchev–Trinajstić information content (AvgIpc) is 2.77. The van der Waals surface area contributed by atoms with Crippen LogP contribution in [0.3, 0.4) is 0 Å². The van der Waals surface area contributed by atoms with Crippen molar-refractivity contribution in [3.63, 3.8) is 0 Å². The van der Waals surface area contributed by atoms with E-state index in [4.69, 9.17) is 5.73 Å². The fourth-order valence-electron chi connectivity index (χ4n) is 3.03. The molecular weight excluding hydrogens is 262 g/mol. The van der Waals surface area contributed by atoms with Crippen molar-refractivity contribution < 1.29 is 9.18 Å². The first-order valence-corrected chi connectivity index (χ1v) is 7.98. The van der Waals surface area contributed by atoms with Gasteiger partial charge in [0.15, 0.2) is 0 Å². The Morgan fingerprint density at radius 3 is 2.74 bits per heavy atom. The molecular formula is C14H22FN2OP. The monoisotopic (exact) mass is 284 g/mol. The molecule has 0 radical (unpaired) electrons. The zero-order valence-corrected chi connectivity index (χ0v) is 12.6. The molecule has 106 valence electrons. The first kappa shape index (κ1) is 14.5. The SMILES string of the molecule is CCc1[pH]c(C(N)=O)c([C@@H]2CNCC[C@H]2F)c1CC. The van der Waals surface area contributed by atoms with Crippen LogP contribution in [0.5, 0.6) is 0 Å². The number of hydrogen-bond donors (Lipinski definition) is 2. The van der Waals surface area contributed by atoms with Crippen molar-refractivity contribution in [3.05, 3.63) is 21.7 Å². The molecule has 0 aromatic carbocycles. The molecule has 1 unspecified atom stereocenters. The Hall–Kier alpha value is -0.860. The minimum absolute atomic E-state index is 0.206. The smallest absolute Gasteiger partial charge is 0.252 e. The van der Waals surface area contributed by atoms with Crippen molar-refractivity contribution in [2.75, 3.05) is 13.1 Å². The van der Waals surface area contributed by atoms with E-state index < -0.39 is 6.17 Å². The van der Waals surface area contributed by atoms with Gasteiger partial charge in [0, 0.05) is 12.5 Å². The molecule has 19 heavy (non-hydrogen) atoms. The van der Waals surface area contributed by atoms with Gasteiger partial charge in [-0.1, -0.05) is 13.8 Å². The normalized spacial score (nSPS) is 23.9. The summed E-state index contributed by atoms with van der Waals surface area (Å²) in [7, 11) is 0.343. The third kappa shape index (κ3) is 2.70. The van der Waals surface area contributed by atoms with Gasteiger partial charge >= 0.3 is 0 Å². The zero-order chi connectivity index (χ0) is 14.0. The van der Waals surface area contributed by atoms with Gasteiger partial charge < -0.3 is 11.1 Å². The van der Waals surface area contributed by atoms with Crippen LogP contribution in [-0.2, 0) is 12.8 Å². The predicted molar refractivity (Wildman–Crippen MR) is 78.3 cm³/mol. The summed E-state index contributed by atoms with van der Waals surface area (Å²) in [6, 6.07) is 0. The zero-order valence-electron chi connectivity index (χ0n) is 11.6. The number of nitrogens with two attached hydrogens (primary N) is 1. The van der Waals surface area contributed by atoms with Gasteiger partial charge in [-0.15, -0.1) is 8.19 Å². The molecule has 0 saturated carbocycles. The summed E-state index contributed by atoms with van der Waals surface area (Å²) in [4.78, 5) is 11.7. The maximum atomic E-state index is 14.2. The summed E-state index contributed by atoms with van der Waals surface area (Å²) in [6.45, 7) is 5.48. The second-order valence-electron chi connectivity index (χ2n) is 5.06. The second kappa shape index (κ2) is 6.06. The molecule has 1 aliphatic heterocycles. The molecule has 5 heteroatoms. The quantitative estimate of drug-likeness (QED) is 0.891. The molecule has 1 aromatic rings. The van der Waals surface area contributed by atoms with Gasteiger partial charge in [-0.25, -0.2) is 4.39 Å². The van der Waals surface area contributed by atoms with Gasteiger partial charge in [0.2, 0.25) is 0 Å². The summed E-state index contributed by atoms with van der Waals surface area (Å²) < 4.78 is 14.2. The van der Waals surface area contributed by atoms with Crippen molar-refractivity contribution in [1.82, 2.24) is 5.32 Å². The van der Waals surface area contributed by atoms with Crippen LogP contribution in [0.25, 0.3) is 0 Å². The Balaban J connectivity index is 2.51. The summed E-state index contributed by atoms with van der Waals surface area (Å²) >= 11 is 0. The lowest BCUT2D eigenvalue weighted by atomic mass is 9.86. The van der Waals surface area contributed by atoms with Crippen LogP contribution in [0.4, 0.5) is 4.39 Å². The van der Waals surface area contributed by atoms with Crippen molar-refractivity contribution >= 4 is 14.1 Å². The molecule has 1 fully saturated rings. The molecule has 3 atom stereocenters. The number of rotatable bonds is 4. The Morgan fingerprint density at radius 2 is 2.21 bits per heavy atom. The minimum atomic E-state index is -0.867. The first-order chi connectivity index (χ1) is 9.10. The number of hydrogen-bond acceptors (Lipinski definition) is 2. The van der Waals surface area contributed by atoms with Gasteiger partial charge in [-0.2, -0.15) is 0 Å². The molecule has 1 amide bonds. The van der Waals surface area contributed by atoms with E-state index in [2.05, 4.69) is 19.2 Å². The van der Waals surface area contributed by atoms with Gasteiger partial charge in [0.1, 0.15) is 6.17 Å². The second-order valence-corrected chi connectivity index (χ2v) is 6.41. The molecule has 1 aromatic heterocycles. The van der Waals surface area contributed by atoms with Gasteiger partial charge in [0.25, 0.3) is 5.91 Å². The lowest BCUT2D eigenvalue weighted by molar-refractivity contribution is 0.100. The summed E-state index contributed by atoms with van der Waals surface area (Å²) in [5, 5.41) is 5.19. The van der Waals surface area contributed by atoms with Crippen LogP contribution >= 0.6 is 8.19 Å². The number of halogens is 1. The maximum Gasteiger partial charge on any atom is 0.252 e. The van der Waals surface area contributed by atoms with Crippen LogP contribution in [-0.4, -0.2) is 25.2 Å². The third-order valence-corrected chi connectivity index (χ3v) is 5.68. The van der Waals surface area contributed by atoms with Gasteiger partial charge in [-0.05, 0) is 42.2 Å². The number of carbonyl (C=O) groups excluding carboxylic acids is 1. The largest absolute Gasteiger partial charge is 0.365 e. The molecule has 2 rings (SSSR count). The maximum absolute atomic E-state index is 14.2. The van der Waals surface area contributed by atoms with Crippen LogP contribution < -0.4 is 11.1 Å². The summed E-state index contributed by atoms with van der Waals surface area (Å²) in [6.07, 6.45) is 1.42. The van der Waals surface area contributed by atoms with Crippen molar-refractivity contribution in [3.8, 4) is 0 Å². The van der Waals surface area contributed by atoms with E-state index >= 15 is 0 Å². The number of aryl methyl sites for hydroxylation is 1. The van der Waals surface area contributed by atoms with Crippen LogP contribution in [0.1, 0.15) is 52.7 Å². The van der Waals surface area contributed by atoms with E-state index in [1.54, 1.807) is 0 Å². The highest BCUT2D eigenvalue weighted by Gasteiger charge is 2.32. The van der Waals surface area contributed by atoms with E-state index in [1.165, 1.54) is 10.9 Å². The summed E-state index contributed by atoms with van der Waals surface area (Å²) in [5.41, 5.74) is 7.62. The average molecular weight is 284 g/mol. The molecule has 0 aliphatic carbocycles. The molecule has 3 nitrogen and oxygen atoms in total. The van der Waals surface area contributed by atoms with Crippen LogP contribution in [0, 0.1) is 0 Å². The minimum Gasteiger partial charge on any atom is -0.365 e. The lowest BCUT2D eigenvalue weighted by Gasteiger charge is -2.28. The Bertz CT molecular complexity index is 472. The molecule has 2 heterocycles. The van der Waals surface area contributed by atoms with E-state index in [9.17, 15) is 9.18 Å². The molecule has 1 aliphatic rings. The number of primary amides is 1. The fraction of sp³-hybridized carbons (Fsp3) is 0.643. The highest BCUT2D eigenvalue weighted by atomic mass is 31.0. The summed E-state index contributed by atoms with van der Waals surface area (Å²) in [5.74, 6) is -0.580. The predicted octanol–water partition coefficient (Wildman–Crippen LogP) is 2.36. The van der Waals surface area contributed by atoms with Crippen LogP contribution in [0.15, 0.2) is 0 Å². The van der Waals surface area contributed by atoms with Crippen molar-refractivity contribution in [1.29, 1.82) is 0 Å². The van der Waals surface area contributed by atoms with Gasteiger partial charge in [-0.3, -0.25) is 4.79 Å². The van der Waals surface area contributed by atoms with E-state index in [0.717, 1.165) is 18.4 Å². The van der Waals surface area contributed by atoms with Crippen molar-refractivity contribution in [2.45, 2.75) is 45.2 Å². The third-order valence-electron chi connectivity index (χ3n) is 3.96. The molecule has 0 spiro atoms. The Kier molecular flexibility index (Phi) is 4.64. The Morgan fingerprint density at radius 1 is 1.47 bits per heavy atom. The number of carbonyl (C=O) groups is 1. The molecule has 1 saturated heterocycles. The topological polar surface area (TPSA) is 55.1 Å².